The first-order chi connectivity index (χ1) is 12.7. The van der Waals surface area contributed by atoms with Gasteiger partial charge in [0, 0.05) is 42.8 Å². The zero-order valence-electron chi connectivity index (χ0n) is 14.0. The number of aromatic nitrogens is 3. The van der Waals surface area contributed by atoms with Gasteiger partial charge < -0.3 is 9.64 Å². The zero-order chi connectivity index (χ0) is 17.9. The molecule has 2 aromatic heterocycles. The van der Waals surface area contributed by atoms with Crippen LogP contribution >= 0.6 is 15.9 Å². The van der Waals surface area contributed by atoms with Crippen LogP contribution in [0.15, 0.2) is 53.4 Å². The number of hydrogen-bond donors (Lipinski definition) is 0. The van der Waals surface area contributed by atoms with E-state index in [0.717, 1.165) is 28.3 Å². The van der Waals surface area contributed by atoms with Gasteiger partial charge in [-0.15, -0.1) is 0 Å². The second kappa shape index (κ2) is 7.37. The molecule has 3 heterocycles. The van der Waals surface area contributed by atoms with Crippen LogP contribution in [0.2, 0.25) is 0 Å². The number of carbonyl (C=O) groups excluding carboxylic acids is 1. The maximum atomic E-state index is 12.6. The summed E-state index contributed by atoms with van der Waals surface area (Å²) in [6.07, 6.45) is 6.49. The molecule has 7 heteroatoms. The molecule has 0 spiro atoms. The second-order valence-electron chi connectivity index (χ2n) is 6.20. The van der Waals surface area contributed by atoms with Crippen molar-refractivity contribution in [3.8, 4) is 5.88 Å². The van der Waals surface area contributed by atoms with Crippen molar-refractivity contribution in [3.63, 3.8) is 0 Å². The summed E-state index contributed by atoms with van der Waals surface area (Å²) in [5.74, 6) is 0.535. The lowest BCUT2D eigenvalue weighted by molar-refractivity contribution is 0.0587. The molecule has 6 nitrogen and oxygen atoms in total. The molecule has 1 aromatic carbocycles. The lowest BCUT2D eigenvalue weighted by atomic mass is 10.1. The van der Waals surface area contributed by atoms with E-state index in [1.54, 1.807) is 24.7 Å². The van der Waals surface area contributed by atoms with Crippen LogP contribution in [0.3, 0.4) is 0 Å². The molecule has 4 rings (SSSR count). The number of pyridine rings is 1. The topological polar surface area (TPSA) is 68.2 Å². The van der Waals surface area contributed by atoms with Gasteiger partial charge in [-0.3, -0.25) is 9.78 Å². The summed E-state index contributed by atoms with van der Waals surface area (Å²) >= 11 is 3.35. The number of halogens is 1. The van der Waals surface area contributed by atoms with Gasteiger partial charge >= 0.3 is 0 Å². The van der Waals surface area contributed by atoms with E-state index in [4.69, 9.17) is 4.74 Å². The predicted octanol–water partition coefficient (Wildman–Crippen LogP) is 3.47. The Kier molecular flexibility index (Phi) is 4.79. The van der Waals surface area contributed by atoms with Gasteiger partial charge in [0.25, 0.3) is 5.91 Å². The van der Waals surface area contributed by atoms with Gasteiger partial charge in [-0.2, -0.15) is 0 Å². The first-order valence-electron chi connectivity index (χ1n) is 8.47. The van der Waals surface area contributed by atoms with Gasteiger partial charge in [0.1, 0.15) is 6.10 Å². The molecule has 0 N–H and O–H groups in total. The van der Waals surface area contributed by atoms with Crippen LogP contribution in [0.5, 0.6) is 5.88 Å². The number of rotatable bonds is 3. The Balaban J connectivity index is 1.37. The lowest BCUT2D eigenvalue weighted by Crippen LogP contribution is -2.41. The Morgan fingerprint density at radius 3 is 2.65 bits per heavy atom. The van der Waals surface area contributed by atoms with E-state index in [1.165, 1.54) is 0 Å². The van der Waals surface area contributed by atoms with E-state index >= 15 is 0 Å². The SMILES string of the molecule is O=C(c1cncc(Br)c1)N1CCC(Oc2cnc3ccccc3n2)CC1. The average Bonchev–Trinajstić information content (AvgIpc) is 2.68. The molecule has 0 aliphatic carbocycles. The summed E-state index contributed by atoms with van der Waals surface area (Å²) in [5, 5.41) is 0. The maximum absolute atomic E-state index is 12.6. The minimum absolute atomic E-state index is 0.00254. The van der Waals surface area contributed by atoms with E-state index in [1.807, 2.05) is 29.2 Å². The molecular formula is C19H17BrN4O2. The van der Waals surface area contributed by atoms with Crippen molar-refractivity contribution in [2.45, 2.75) is 18.9 Å². The first-order valence-corrected chi connectivity index (χ1v) is 9.26. The summed E-state index contributed by atoms with van der Waals surface area (Å²) < 4.78 is 6.79. The number of para-hydroxylation sites is 2. The molecule has 1 aliphatic rings. The molecule has 0 unspecified atom stereocenters. The van der Waals surface area contributed by atoms with E-state index in [0.29, 0.717) is 24.5 Å². The highest BCUT2D eigenvalue weighted by Gasteiger charge is 2.25. The monoisotopic (exact) mass is 412 g/mol. The van der Waals surface area contributed by atoms with E-state index in [9.17, 15) is 4.79 Å². The highest BCUT2D eigenvalue weighted by atomic mass is 79.9. The number of fused-ring (bicyclic) bond motifs is 1. The number of ether oxygens (including phenoxy) is 1. The van der Waals surface area contributed by atoms with Gasteiger partial charge in [-0.25, -0.2) is 9.97 Å². The van der Waals surface area contributed by atoms with E-state index in [-0.39, 0.29) is 12.0 Å². The second-order valence-corrected chi connectivity index (χ2v) is 7.11. The quantitative estimate of drug-likeness (QED) is 0.658. The minimum Gasteiger partial charge on any atom is -0.473 e. The molecule has 3 aromatic rings. The largest absolute Gasteiger partial charge is 0.473 e. The third-order valence-corrected chi connectivity index (χ3v) is 4.83. The van der Waals surface area contributed by atoms with Gasteiger partial charge in [0.2, 0.25) is 5.88 Å². The van der Waals surface area contributed by atoms with Crippen LogP contribution in [-0.4, -0.2) is 45.0 Å². The molecule has 1 aliphatic heterocycles. The minimum atomic E-state index is 0.00254. The fourth-order valence-corrected chi connectivity index (χ4v) is 3.42. The Morgan fingerprint density at radius 1 is 1.12 bits per heavy atom. The summed E-state index contributed by atoms with van der Waals surface area (Å²) in [6.45, 7) is 1.30. The van der Waals surface area contributed by atoms with Gasteiger partial charge in [0.15, 0.2) is 0 Å². The van der Waals surface area contributed by atoms with E-state index in [2.05, 4.69) is 30.9 Å². The van der Waals surface area contributed by atoms with Crippen molar-refractivity contribution in [1.82, 2.24) is 19.9 Å². The van der Waals surface area contributed by atoms with Crippen molar-refractivity contribution >= 4 is 32.9 Å². The predicted molar refractivity (Wildman–Crippen MR) is 101 cm³/mol. The van der Waals surface area contributed by atoms with Crippen LogP contribution in [0.1, 0.15) is 23.2 Å². The van der Waals surface area contributed by atoms with Crippen molar-refractivity contribution < 1.29 is 9.53 Å². The zero-order valence-corrected chi connectivity index (χ0v) is 15.6. The smallest absolute Gasteiger partial charge is 0.255 e. The van der Waals surface area contributed by atoms with Crippen molar-refractivity contribution in [2.75, 3.05) is 13.1 Å². The van der Waals surface area contributed by atoms with Gasteiger partial charge in [-0.05, 0) is 34.1 Å². The van der Waals surface area contributed by atoms with Crippen molar-refractivity contribution in [2.24, 2.45) is 0 Å². The Morgan fingerprint density at radius 2 is 1.88 bits per heavy atom. The van der Waals surface area contributed by atoms with Crippen LogP contribution in [0.25, 0.3) is 11.0 Å². The van der Waals surface area contributed by atoms with Crippen LogP contribution in [0.4, 0.5) is 0 Å². The molecule has 1 amide bonds. The maximum Gasteiger partial charge on any atom is 0.255 e. The first kappa shape index (κ1) is 16.9. The molecular weight excluding hydrogens is 396 g/mol. The third-order valence-electron chi connectivity index (χ3n) is 4.39. The van der Waals surface area contributed by atoms with Crippen molar-refractivity contribution in [3.05, 3.63) is 59.0 Å². The number of benzene rings is 1. The molecule has 0 saturated carbocycles. The molecule has 0 bridgehead atoms. The number of likely N-dealkylation sites (tertiary alicyclic amines) is 1. The molecule has 0 radical (unpaired) electrons. The summed E-state index contributed by atoms with van der Waals surface area (Å²) in [4.78, 5) is 27.3. The fraction of sp³-hybridized carbons (Fsp3) is 0.263. The Hall–Kier alpha value is -2.54. The number of carbonyl (C=O) groups is 1. The van der Waals surface area contributed by atoms with Crippen LogP contribution in [-0.2, 0) is 0 Å². The van der Waals surface area contributed by atoms with Crippen molar-refractivity contribution in [1.29, 1.82) is 0 Å². The average molecular weight is 413 g/mol. The summed E-state index contributed by atoms with van der Waals surface area (Å²) in [7, 11) is 0. The molecule has 0 atom stereocenters. The Bertz CT molecular complexity index is 941. The summed E-state index contributed by atoms with van der Waals surface area (Å²) in [6, 6.07) is 9.50. The molecule has 1 saturated heterocycles. The lowest BCUT2D eigenvalue weighted by Gasteiger charge is -2.31. The normalized spacial score (nSPS) is 15.2. The number of nitrogens with zero attached hydrogens (tertiary/aromatic N) is 4. The number of amides is 1. The highest BCUT2D eigenvalue weighted by Crippen LogP contribution is 2.20. The Labute approximate surface area is 159 Å². The highest BCUT2D eigenvalue weighted by molar-refractivity contribution is 9.10. The van der Waals surface area contributed by atoms with Crippen LogP contribution < -0.4 is 4.74 Å². The molecule has 132 valence electrons. The summed E-state index contributed by atoms with van der Waals surface area (Å²) in [5.41, 5.74) is 2.27. The van der Waals surface area contributed by atoms with Gasteiger partial charge in [-0.1, -0.05) is 12.1 Å². The number of hydrogen-bond acceptors (Lipinski definition) is 5. The third kappa shape index (κ3) is 3.67. The van der Waals surface area contributed by atoms with E-state index < -0.39 is 0 Å². The van der Waals surface area contributed by atoms with Crippen LogP contribution in [0, 0.1) is 0 Å². The molecule has 26 heavy (non-hydrogen) atoms. The van der Waals surface area contributed by atoms with Gasteiger partial charge in [0.05, 0.1) is 22.8 Å². The standard InChI is InChI=1S/C19H17BrN4O2/c20-14-9-13(10-21-11-14)19(25)24-7-5-15(6-8-24)26-18-12-22-16-3-1-2-4-17(16)23-18/h1-4,9-12,15H,5-8H2. The molecule has 1 fully saturated rings. The fourth-order valence-electron chi connectivity index (χ4n) is 3.06. The number of piperidine rings is 1.